The SMILES string of the molecule is CC1OCc2c1c(N)nc1cc(Cl)c(C(=O)N(Cc3ccc(C#Cc4ccnn4C)cn3)C3CC3)cc21. The molecule has 2 aliphatic rings. The number of benzene rings is 1. The first-order chi connectivity index (χ1) is 17.9. The summed E-state index contributed by atoms with van der Waals surface area (Å²) in [5.41, 5.74) is 11.6. The van der Waals surface area contributed by atoms with E-state index in [4.69, 9.17) is 22.1 Å². The Morgan fingerprint density at radius 2 is 2.11 bits per heavy atom. The zero-order chi connectivity index (χ0) is 25.7. The molecule has 2 N–H and O–H groups in total. The van der Waals surface area contributed by atoms with Gasteiger partial charge in [-0.1, -0.05) is 17.5 Å². The van der Waals surface area contributed by atoms with Crippen molar-refractivity contribution in [2.75, 3.05) is 5.73 Å². The number of carbonyl (C=O) groups excluding carboxylic acids is 1. The van der Waals surface area contributed by atoms with E-state index in [1.165, 1.54) is 0 Å². The van der Waals surface area contributed by atoms with Crippen LogP contribution >= 0.6 is 11.6 Å². The van der Waals surface area contributed by atoms with Crippen LogP contribution in [0.2, 0.25) is 5.02 Å². The number of anilines is 1. The van der Waals surface area contributed by atoms with Crippen LogP contribution in [0.15, 0.2) is 42.7 Å². The number of aryl methyl sites for hydroxylation is 1. The van der Waals surface area contributed by atoms with Crippen LogP contribution in [-0.4, -0.2) is 36.6 Å². The van der Waals surface area contributed by atoms with Crippen molar-refractivity contribution in [1.82, 2.24) is 24.6 Å². The van der Waals surface area contributed by atoms with Crippen molar-refractivity contribution in [3.63, 3.8) is 0 Å². The Morgan fingerprint density at radius 1 is 1.27 bits per heavy atom. The highest BCUT2D eigenvalue weighted by atomic mass is 35.5. The van der Waals surface area contributed by atoms with Crippen LogP contribution in [0.5, 0.6) is 0 Å². The first kappa shape index (κ1) is 23.5. The molecule has 8 nitrogen and oxygen atoms in total. The van der Waals surface area contributed by atoms with E-state index >= 15 is 0 Å². The largest absolute Gasteiger partial charge is 0.383 e. The highest BCUT2D eigenvalue weighted by Crippen LogP contribution is 2.40. The normalized spacial score (nSPS) is 16.4. The number of hydrogen-bond donors (Lipinski definition) is 1. The van der Waals surface area contributed by atoms with Crippen molar-refractivity contribution >= 4 is 34.2 Å². The second-order valence-corrected chi connectivity index (χ2v) is 9.89. The number of fused-ring (bicyclic) bond motifs is 3. The third-order valence-electron chi connectivity index (χ3n) is 6.93. The third kappa shape index (κ3) is 4.41. The summed E-state index contributed by atoms with van der Waals surface area (Å²) in [6.07, 6.45) is 5.24. The summed E-state index contributed by atoms with van der Waals surface area (Å²) < 4.78 is 7.52. The number of hydrogen-bond acceptors (Lipinski definition) is 6. The molecule has 0 bridgehead atoms. The summed E-state index contributed by atoms with van der Waals surface area (Å²) in [4.78, 5) is 24.7. The molecule has 9 heteroatoms. The van der Waals surface area contributed by atoms with Crippen LogP contribution in [0.4, 0.5) is 5.82 Å². The van der Waals surface area contributed by atoms with E-state index in [2.05, 4.69) is 26.9 Å². The van der Waals surface area contributed by atoms with Gasteiger partial charge >= 0.3 is 0 Å². The number of aromatic nitrogens is 4. The van der Waals surface area contributed by atoms with E-state index in [1.54, 1.807) is 23.1 Å². The van der Waals surface area contributed by atoms with E-state index in [9.17, 15) is 4.79 Å². The molecular weight excluding hydrogens is 488 g/mol. The fraction of sp³-hybridized carbons (Fsp3) is 0.286. The molecule has 1 aliphatic carbocycles. The van der Waals surface area contributed by atoms with Gasteiger partial charge in [-0.05, 0) is 61.6 Å². The molecule has 1 amide bonds. The Bertz CT molecular complexity index is 1600. The summed E-state index contributed by atoms with van der Waals surface area (Å²) in [6, 6.07) is 9.43. The highest BCUT2D eigenvalue weighted by Gasteiger charge is 2.35. The smallest absolute Gasteiger partial charge is 0.255 e. The van der Waals surface area contributed by atoms with Crippen LogP contribution in [0.25, 0.3) is 10.9 Å². The molecule has 1 atom stereocenters. The zero-order valence-corrected chi connectivity index (χ0v) is 21.3. The summed E-state index contributed by atoms with van der Waals surface area (Å²) in [7, 11) is 1.85. The quantitative estimate of drug-likeness (QED) is 0.407. The molecular formula is C28H25ClN6O2. The average Bonchev–Trinajstić information content (AvgIpc) is 3.53. The van der Waals surface area contributed by atoms with Crippen LogP contribution in [-0.2, 0) is 24.9 Å². The van der Waals surface area contributed by atoms with Crippen molar-refractivity contribution in [3.8, 4) is 11.8 Å². The number of carbonyl (C=O) groups is 1. The standard InChI is InChI=1S/C28H25ClN6O2/c1-16-26-23(15-37-16)21-11-22(24(29)12-25(21)33-27(26)30)28(36)35(20-7-8-20)14-18-5-3-17(13-31-18)4-6-19-9-10-32-34(19)2/h3,5,9-13,16,20H,7-8,14-15H2,1-2H3,(H2,30,33). The lowest BCUT2D eigenvalue weighted by Crippen LogP contribution is -2.33. The number of nitrogen functional groups attached to an aromatic ring is 1. The lowest BCUT2D eigenvalue weighted by atomic mass is 10.00. The highest BCUT2D eigenvalue weighted by molar-refractivity contribution is 6.34. The average molecular weight is 513 g/mol. The number of halogens is 1. The van der Waals surface area contributed by atoms with Crippen LogP contribution in [0.3, 0.4) is 0 Å². The Morgan fingerprint density at radius 3 is 2.81 bits per heavy atom. The molecule has 3 aromatic heterocycles. The van der Waals surface area contributed by atoms with Gasteiger partial charge in [0.15, 0.2) is 0 Å². The molecule has 1 aliphatic heterocycles. The van der Waals surface area contributed by atoms with Gasteiger partial charge in [0.2, 0.25) is 0 Å². The second kappa shape index (κ2) is 9.18. The number of nitrogens with two attached hydrogens (primary N) is 1. The minimum atomic E-state index is -0.132. The number of amides is 1. The van der Waals surface area contributed by atoms with Gasteiger partial charge in [-0.2, -0.15) is 5.10 Å². The van der Waals surface area contributed by atoms with Gasteiger partial charge in [0.25, 0.3) is 5.91 Å². The minimum Gasteiger partial charge on any atom is -0.383 e. The van der Waals surface area contributed by atoms with E-state index in [-0.39, 0.29) is 18.1 Å². The summed E-state index contributed by atoms with van der Waals surface area (Å²) in [5, 5.41) is 5.33. The first-order valence-corrected chi connectivity index (χ1v) is 12.6. The summed E-state index contributed by atoms with van der Waals surface area (Å²) >= 11 is 6.61. The van der Waals surface area contributed by atoms with Crippen LogP contribution in [0, 0.1) is 11.8 Å². The van der Waals surface area contributed by atoms with E-state index in [0.717, 1.165) is 46.3 Å². The van der Waals surface area contributed by atoms with E-state index < -0.39 is 0 Å². The van der Waals surface area contributed by atoms with Crippen molar-refractivity contribution in [2.24, 2.45) is 7.05 Å². The van der Waals surface area contributed by atoms with Gasteiger partial charge in [-0.15, -0.1) is 0 Å². The van der Waals surface area contributed by atoms with E-state index in [1.807, 2.05) is 43.1 Å². The minimum absolute atomic E-state index is 0.117. The molecule has 37 heavy (non-hydrogen) atoms. The van der Waals surface area contributed by atoms with E-state index in [0.29, 0.717) is 35.1 Å². The summed E-state index contributed by atoms with van der Waals surface area (Å²) in [5.74, 6) is 6.53. The molecule has 0 spiro atoms. The predicted octanol–water partition coefficient (Wildman–Crippen LogP) is 4.39. The molecule has 6 rings (SSSR count). The first-order valence-electron chi connectivity index (χ1n) is 12.2. The second-order valence-electron chi connectivity index (χ2n) is 9.48. The Balaban J connectivity index is 1.28. The molecule has 4 aromatic rings. The maximum absolute atomic E-state index is 13.8. The van der Waals surface area contributed by atoms with Crippen LogP contribution in [0.1, 0.15) is 64.3 Å². The van der Waals surface area contributed by atoms with Gasteiger partial charge in [-0.3, -0.25) is 14.5 Å². The predicted molar refractivity (Wildman–Crippen MR) is 141 cm³/mol. The Hall–Kier alpha value is -3.93. The van der Waals surface area contributed by atoms with Gasteiger partial charge in [0, 0.05) is 35.8 Å². The number of ether oxygens (including phenoxy) is 1. The Kier molecular flexibility index (Phi) is 5.82. The number of nitrogens with zero attached hydrogens (tertiary/aromatic N) is 5. The molecule has 1 aromatic carbocycles. The molecule has 186 valence electrons. The molecule has 0 radical (unpaired) electrons. The fourth-order valence-electron chi connectivity index (χ4n) is 4.76. The number of rotatable bonds is 4. The molecule has 1 unspecified atom stereocenters. The molecule has 1 saturated carbocycles. The maximum atomic E-state index is 13.8. The fourth-order valence-corrected chi connectivity index (χ4v) is 5.00. The van der Waals surface area contributed by atoms with Crippen molar-refractivity contribution in [1.29, 1.82) is 0 Å². The topological polar surface area (TPSA) is 99.2 Å². The van der Waals surface area contributed by atoms with Crippen molar-refractivity contribution < 1.29 is 9.53 Å². The van der Waals surface area contributed by atoms with Crippen LogP contribution < -0.4 is 5.73 Å². The van der Waals surface area contributed by atoms with Gasteiger partial charge in [0.1, 0.15) is 11.5 Å². The van der Waals surface area contributed by atoms with Gasteiger partial charge in [-0.25, -0.2) is 4.98 Å². The number of pyridine rings is 2. The summed E-state index contributed by atoms with van der Waals surface area (Å²) in [6.45, 7) is 2.78. The maximum Gasteiger partial charge on any atom is 0.255 e. The van der Waals surface area contributed by atoms with Gasteiger partial charge < -0.3 is 15.4 Å². The molecule has 1 fully saturated rings. The van der Waals surface area contributed by atoms with Gasteiger partial charge in [0.05, 0.1) is 47.2 Å². The lowest BCUT2D eigenvalue weighted by molar-refractivity contribution is 0.0727. The van der Waals surface area contributed by atoms with Crippen molar-refractivity contribution in [2.45, 2.75) is 45.1 Å². The monoisotopic (exact) mass is 512 g/mol. The third-order valence-corrected chi connectivity index (χ3v) is 7.24. The molecule has 0 saturated heterocycles. The van der Waals surface area contributed by atoms with Crippen molar-refractivity contribution in [3.05, 3.63) is 81.4 Å². The Labute approximate surface area is 219 Å². The zero-order valence-electron chi connectivity index (χ0n) is 20.5. The lowest BCUT2D eigenvalue weighted by Gasteiger charge is -2.23. The molecule has 4 heterocycles.